The number of hydrogen-bond donors (Lipinski definition) is 0. The van der Waals surface area contributed by atoms with E-state index in [9.17, 15) is 0 Å². The van der Waals surface area contributed by atoms with Crippen molar-refractivity contribution in [2.45, 2.75) is 156 Å². The maximum absolute atomic E-state index is 3.45. The molecule has 0 bridgehead atoms. The molecule has 0 radical (unpaired) electrons. The Morgan fingerprint density at radius 2 is 0.893 bits per heavy atom. The Balaban J connectivity index is 3.35. The Bertz CT molecular complexity index is 345. The molecule has 0 amide bonds. The Morgan fingerprint density at radius 3 is 1.46 bits per heavy atom. The van der Waals surface area contributed by atoms with Gasteiger partial charge in [-0.2, -0.15) is 0 Å². The largest absolute Gasteiger partial charge is 0.103 e. The van der Waals surface area contributed by atoms with Crippen molar-refractivity contribution in [1.29, 1.82) is 0 Å². The topological polar surface area (TPSA) is 0 Å². The van der Waals surface area contributed by atoms with Gasteiger partial charge in [-0.1, -0.05) is 130 Å². The first kappa shape index (κ1) is 27.6. The molecule has 166 valence electrons. The molecule has 0 nitrogen and oxygen atoms in total. The molecule has 0 aromatic heterocycles. The van der Waals surface area contributed by atoms with E-state index in [1.54, 1.807) is 0 Å². The minimum atomic E-state index is 0.793. The third-order valence-corrected chi connectivity index (χ3v) is 6.18. The average molecular weight is 391 g/mol. The van der Waals surface area contributed by atoms with E-state index in [2.05, 4.69) is 39.5 Å². The van der Waals surface area contributed by atoms with Crippen molar-refractivity contribution in [1.82, 2.24) is 0 Å². The van der Waals surface area contributed by atoms with Crippen molar-refractivity contribution in [2.24, 2.45) is 11.8 Å². The minimum absolute atomic E-state index is 0.793. The van der Waals surface area contributed by atoms with E-state index >= 15 is 0 Å². The molecule has 0 fully saturated rings. The maximum atomic E-state index is 3.45. The van der Waals surface area contributed by atoms with E-state index in [1.165, 1.54) is 116 Å². The highest BCUT2D eigenvalue weighted by molar-refractivity contribution is 4.99. The van der Waals surface area contributed by atoms with E-state index in [1.807, 2.05) is 0 Å². The summed E-state index contributed by atoms with van der Waals surface area (Å²) in [4.78, 5) is 0. The fourth-order valence-corrected chi connectivity index (χ4v) is 4.01. The molecule has 0 spiro atoms. The van der Waals surface area contributed by atoms with Gasteiger partial charge < -0.3 is 0 Å². The van der Waals surface area contributed by atoms with Crippen LogP contribution in [0, 0.1) is 23.7 Å². The monoisotopic (exact) mass is 390 g/mol. The molecule has 0 saturated carbocycles. The second-order valence-corrected chi connectivity index (χ2v) is 9.48. The smallest absolute Gasteiger partial charge is 0.0114 e. The molecule has 28 heavy (non-hydrogen) atoms. The number of unbranched alkanes of at least 4 members (excludes halogenated alkanes) is 13. The Morgan fingerprint density at radius 1 is 0.464 bits per heavy atom. The summed E-state index contributed by atoms with van der Waals surface area (Å²) in [6.07, 6.45) is 27.6. The van der Waals surface area contributed by atoms with Crippen molar-refractivity contribution in [3.05, 3.63) is 0 Å². The lowest BCUT2D eigenvalue weighted by Gasteiger charge is -2.10. The Labute approximate surface area is 180 Å². The van der Waals surface area contributed by atoms with Crippen molar-refractivity contribution in [3.8, 4) is 11.8 Å². The maximum Gasteiger partial charge on any atom is 0.0114 e. The van der Waals surface area contributed by atoms with Crippen molar-refractivity contribution >= 4 is 0 Å². The average Bonchev–Trinajstić information content (AvgIpc) is 2.69. The highest BCUT2D eigenvalue weighted by Gasteiger charge is 2.02. The van der Waals surface area contributed by atoms with Gasteiger partial charge in [0.05, 0.1) is 0 Å². The predicted molar refractivity (Wildman–Crippen MR) is 130 cm³/mol. The van der Waals surface area contributed by atoms with Crippen LogP contribution in [0.5, 0.6) is 0 Å². The summed E-state index contributed by atoms with van der Waals surface area (Å²) in [5.74, 6) is 8.61. The molecule has 2 atom stereocenters. The molecular weight excluding hydrogens is 336 g/mol. The van der Waals surface area contributed by atoms with Gasteiger partial charge >= 0.3 is 0 Å². The van der Waals surface area contributed by atoms with Gasteiger partial charge in [0.25, 0.3) is 0 Å². The zero-order valence-electron chi connectivity index (χ0n) is 20.3. The van der Waals surface area contributed by atoms with Crippen LogP contribution in [0.1, 0.15) is 156 Å². The normalized spacial score (nSPS) is 13.1. The first-order valence-corrected chi connectivity index (χ1v) is 13.2. The second kappa shape index (κ2) is 22.8. The minimum Gasteiger partial charge on any atom is -0.103 e. The first-order chi connectivity index (χ1) is 13.7. The summed E-state index contributed by atoms with van der Waals surface area (Å²) >= 11 is 0. The van der Waals surface area contributed by atoms with Crippen molar-refractivity contribution in [2.75, 3.05) is 0 Å². The zero-order valence-corrected chi connectivity index (χ0v) is 20.3. The van der Waals surface area contributed by atoms with Gasteiger partial charge in [0.15, 0.2) is 0 Å². The molecule has 0 N–H and O–H groups in total. The van der Waals surface area contributed by atoms with Crippen molar-refractivity contribution < 1.29 is 0 Å². The molecule has 2 unspecified atom stereocenters. The van der Waals surface area contributed by atoms with Crippen LogP contribution >= 0.6 is 0 Å². The standard InChI is InChI=1S/C28H54/c1-5-7-9-11-13-16-20-25-28(4)26-22-18-15-12-14-17-21-24-27(3)23-19-10-8-6-2/h27-28H,5-17,19-21,23-26H2,1-4H3. The van der Waals surface area contributed by atoms with Crippen LogP contribution in [-0.4, -0.2) is 0 Å². The predicted octanol–water partition coefficient (Wildman–Crippen LogP) is 10.1. The van der Waals surface area contributed by atoms with Gasteiger partial charge in [0.1, 0.15) is 0 Å². The molecule has 0 heterocycles. The van der Waals surface area contributed by atoms with Crippen LogP contribution in [0.4, 0.5) is 0 Å². The van der Waals surface area contributed by atoms with Gasteiger partial charge in [-0.15, -0.1) is 11.8 Å². The van der Waals surface area contributed by atoms with E-state index in [0.29, 0.717) is 0 Å². The van der Waals surface area contributed by atoms with Crippen LogP contribution in [0.15, 0.2) is 0 Å². The van der Waals surface area contributed by atoms with Crippen LogP contribution in [0.25, 0.3) is 0 Å². The quantitative estimate of drug-likeness (QED) is 0.143. The van der Waals surface area contributed by atoms with Crippen LogP contribution in [0.3, 0.4) is 0 Å². The van der Waals surface area contributed by atoms with E-state index in [4.69, 9.17) is 0 Å². The molecular formula is C28H54. The first-order valence-electron chi connectivity index (χ1n) is 13.2. The summed E-state index contributed by atoms with van der Waals surface area (Å²) in [6.45, 7) is 9.42. The lowest BCUT2D eigenvalue weighted by molar-refractivity contribution is 0.435. The molecule has 0 saturated heterocycles. The second-order valence-electron chi connectivity index (χ2n) is 9.48. The molecule has 0 aromatic carbocycles. The molecule has 0 aliphatic carbocycles. The van der Waals surface area contributed by atoms with Gasteiger partial charge in [0.2, 0.25) is 0 Å². The SMILES string of the molecule is CCCCCCCCCC(C)CC#CCCCCCCC(C)CCCCCC. The molecule has 0 aliphatic heterocycles. The van der Waals surface area contributed by atoms with Gasteiger partial charge in [-0.05, 0) is 24.7 Å². The highest BCUT2D eigenvalue weighted by Crippen LogP contribution is 2.18. The fraction of sp³-hybridized carbons (Fsp3) is 0.929. The third kappa shape index (κ3) is 21.9. The number of rotatable bonds is 20. The Hall–Kier alpha value is -0.440. The van der Waals surface area contributed by atoms with Crippen molar-refractivity contribution in [3.63, 3.8) is 0 Å². The number of hydrogen-bond acceptors (Lipinski definition) is 0. The third-order valence-electron chi connectivity index (χ3n) is 6.18. The van der Waals surface area contributed by atoms with E-state index in [-0.39, 0.29) is 0 Å². The van der Waals surface area contributed by atoms with Crippen LogP contribution in [-0.2, 0) is 0 Å². The van der Waals surface area contributed by atoms with Gasteiger partial charge in [-0.3, -0.25) is 0 Å². The molecule has 0 heteroatoms. The summed E-state index contributed by atoms with van der Waals surface area (Å²) < 4.78 is 0. The summed E-state index contributed by atoms with van der Waals surface area (Å²) in [5, 5.41) is 0. The fourth-order valence-electron chi connectivity index (χ4n) is 4.01. The zero-order chi connectivity index (χ0) is 20.7. The summed E-state index contributed by atoms with van der Waals surface area (Å²) in [5.41, 5.74) is 0. The molecule has 0 rings (SSSR count). The molecule has 0 aliphatic rings. The lowest BCUT2D eigenvalue weighted by atomic mass is 9.96. The van der Waals surface area contributed by atoms with Gasteiger partial charge in [0, 0.05) is 12.8 Å². The van der Waals surface area contributed by atoms with Crippen LogP contribution in [0.2, 0.25) is 0 Å². The summed E-state index contributed by atoms with van der Waals surface area (Å²) in [6, 6.07) is 0. The highest BCUT2D eigenvalue weighted by atomic mass is 14.1. The van der Waals surface area contributed by atoms with Crippen LogP contribution < -0.4 is 0 Å². The van der Waals surface area contributed by atoms with E-state index < -0.39 is 0 Å². The lowest BCUT2D eigenvalue weighted by Crippen LogP contribution is -1.95. The Kier molecular flexibility index (Phi) is 22.5. The van der Waals surface area contributed by atoms with E-state index in [0.717, 1.165) is 24.7 Å². The van der Waals surface area contributed by atoms with Gasteiger partial charge in [-0.25, -0.2) is 0 Å². The molecule has 0 aromatic rings. The summed E-state index contributed by atoms with van der Waals surface area (Å²) in [7, 11) is 0.